The highest BCUT2D eigenvalue weighted by Gasteiger charge is 2.26. The third-order valence-corrected chi connectivity index (χ3v) is 3.70. The van der Waals surface area contributed by atoms with Crippen LogP contribution in [0.2, 0.25) is 0 Å². The number of hydrogen-bond acceptors (Lipinski definition) is 4. The monoisotopic (exact) mass is 376 g/mol. The molecule has 0 atom stereocenters. The molecule has 10 heteroatoms. The Labute approximate surface area is 149 Å². The van der Waals surface area contributed by atoms with Crippen LogP contribution >= 0.6 is 12.4 Å². The molecule has 25 heavy (non-hydrogen) atoms. The summed E-state index contributed by atoms with van der Waals surface area (Å²) in [6.07, 6.45) is 0. The van der Waals surface area contributed by atoms with E-state index in [1.54, 1.807) is 0 Å². The van der Waals surface area contributed by atoms with Gasteiger partial charge in [0.15, 0.2) is 0 Å². The van der Waals surface area contributed by atoms with E-state index in [2.05, 4.69) is 5.32 Å². The van der Waals surface area contributed by atoms with E-state index >= 15 is 0 Å². The first-order chi connectivity index (χ1) is 11.4. The number of nitrogens with two attached hydrogens (primary N) is 1. The zero-order chi connectivity index (χ0) is 17.7. The van der Waals surface area contributed by atoms with Gasteiger partial charge in [-0.2, -0.15) is 0 Å². The van der Waals surface area contributed by atoms with Crippen molar-refractivity contribution >= 4 is 30.1 Å². The molecule has 0 spiro atoms. The second-order valence-electron chi connectivity index (χ2n) is 5.28. The van der Waals surface area contributed by atoms with E-state index in [9.17, 15) is 23.2 Å². The Balaban J connectivity index is 0.00000312. The van der Waals surface area contributed by atoms with Gasteiger partial charge in [0.1, 0.15) is 11.6 Å². The fraction of sp³-hybridized carbons (Fsp3) is 0.400. The Bertz CT molecular complexity index is 652. The van der Waals surface area contributed by atoms with E-state index in [0.29, 0.717) is 6.07 Å². The van der Waals surface area contributed by atoms with Crippen molar-refractivity contribution in [1.82, 2.24) is 15.1 Å². The average molecular weight is 377 g/mol. The third-order valence-electron chi connectivity index (χ3n) is 3.70. The van der Waals surface area contributed by atoms with Crippen LogP contribution in [0.4, 0.5) is 8.78 Å². The van der Waals surface area contributed by atoms with E-state index in [0.717, 1.165) is 12.1 Å². The molecule has 1 fully saturated rings. The van der Waals surface area contributed by atoms with E-state index in [1.165, 1.54) is 9.80 Å². The first kappa shape index (κ1) is 20.8. The molecule has 0 radical (unpaired) electrons. The summed E-state index contributed by atoms with van der Waals surface area (Å²) in [5.41, 5.74) is 4.93. The van der Waals surface area contributed by atoms with Crippen LogP contribution in [-0.4, -0.2) is 66.8 Å². The number of rotatable bonds is 4. The highest BCUT2D eigenvalue weighted by Crippen LogP contribution is 2.14. The number of nitrogens with zero attached hydrogens (tertiary/aromatic N) is 2. The molecule has 3 N–H and O–H groups in total. The van der Waals surface area contributed by atoms with Crippen molar-refractivity contribution < 1.29 is 23.2 Å². The van der Waals surface area contributed by atoms with Crippen LogP contribution in [0.1, 0.15) is 10.4 Å². The minimum Gasteiger partial charge on any atom is -0.346 e. The number of amides is 3. The smallest absolute Gasteiger partial charge is 0.256 e. The van der Waals surface area contributed by atoms with Gasteiger partial charge in [-0.15, -0.1) is 12.4 Å². The van der Waals surface area contributed by atoms with E-state index in [4.69, 9.17) is 5.73 Å². The van der Waals surface area contributed by atoms with Gasteiger partial charge in [-0.1, -0.05) is 0 Å². The molecule has 3 amide bonds. The molecule has 0 aromatic heterocycles. The summed E-state index contributed by atoms with van der Waals surface area (Å²) in [5, 5.41) is 2.38. The molecule has 1 saturated heterocycles. The lowest BCUT2D eigenvalue weighted by Crippen LogP contribution is -2.53. The van der Waals surface area contributed by atoms with Crippen LogP contribution in [-0.2, 0) is 9.59 Å². The second kappa shape index (κ2) is 9.28. The second-order valence-corrected chi connectivity index (χ2v) is 5.28. The number of piperazine rings is 1. The van der Waals surface area contributed by atoms with Gasteiger partial charge < -0.3 is 20.9 Å². The van der Waals surface area contributed by atoms with Crippen molar-refractivity contribution in [2.75, 3.05) is 39.3 Å². The first-order valence-electron chi connectivity index (χ1n) is 7.41. The quantitative estimate of drug-likeness (QED) is 0.757. The van der Waals surface area contributed by atoms with Gasteiger partial charge in [0.25, 0.3) is 5.91 Å². The maximum atomic E-state index is 13.7. The highest BCUT2D eigenvalue weighted by molar-refractivity contribution is 5.94. The minimum atomic E-state index is -0.914. The Morgan fingerprint density at radius 1 is 1.08 bits per heavy atom. The van der Waals surface area contributed by atoms with Crippen LogP contribution in [0.3, 0.4) is 0 Å². The Hall–Kier alpha value is -2.26. The van der Waals surface area contributed by atoms with Gasteiger partial charge in [-0.05, 0) is 12.1 Å². The summed E-state index contributed by atoms with van der Waals surface area (Å²) >= 11 is 0. The molecule has 0 saturated carbocycles. The van der Waals surface area contributed by atoms with Crippen molar-refractivity contribution in [3.8, 4) is 0 Å². The van der Waals surface area contributed by atoms with Crippen LogP contribution in [0.5, 0.6) is 0 Å². The van der Waals surface area contributed by atoms with Crippen LogP contribution < -0.4 is 11.1 Å². The molecule has 0 aliphatic carbocycles. The van der Waals surface area contributed by atoms with Gasteiger partial charge in [0, 0.05) is 32.2 Å². The molecule has 1 heterocycles. The minimum absolute atomic E-state index is 0. The molecule has 1 aromatic rings. The van der Waals surface area contributed by atoms with Crippen molar-refractivity contribution in [2.45, 2.75) is 0 Å². The number of carbonyl (C=O) groups excluding carboxylic acids is 3. The molecule has 1 aliphatic rings. The number of hydrogen-bond donors (Lipinski definition) is 2. The van der Waals surface area contributed by atoms with E-state index in [-0.39, 0.29) is 63.1 Å². The molecule has 138 valence electrons. The van der Waals surface area contributed by atoms with E-state index in [1.807, 2.05) is 0 Å². The van der Waals surface area contributed by atoms with E-state index < -0.39 is 23.4 Å². The predicted octanol–water partition coefficient (Wildman–Crippen LogP) is -0.254. The summed E-state index contributed by atoms with van der Waals surface area (Å²) in [7, 11) is 0. The molecule has 2 rings (SSSR count). The fourth-order valence-corrected chi connectivity index (χ4v) is 2.35. The molecule has 0 unspecified atom stereocenters. The zero-order valence-electron chi connectivity index (χ0n) is 13.3. The van der Waals surface area contributed by atoms with Crippen molar-refractivity contribution in [3.63, 3.8) is 0 Å². The SMILES string of the molecule is Cl.NCC(=O)NCC(=O)N1CCN(C(=O)c2ccc(F)cc2F)CC1. The number of nitrogens with one attached hydrogen (secondary N) is 1. The van der Waals surface area contributed by atoms with Crippen LogP contribution in [0, 0.1) is 11.6 Å². The standard InChI is InChI=1S/C15H18F2N4O3.ClH/c16-10-1-2-11(12(17)7-10)15(24)21-5-3-20(4-6-21)14(23)9-19-13(22)8-18;/h1-2,7H,3-6,8-9,18H2,(H,19,22);1H. The van der Waals surface area contributed by atoms with Gasteiger partial charge >= 0.3 is 0 Å². The highest BCUT2D eigenvalue weighted by atomic mass is 35.5. The summed E-state index contributed by atoms with van der Waals surface area (Å²) in [6.45, 7) is 0.644. The van der Waals surface area contributed by atoms with Gasteiger partial charge in [-0.25, -0.2) is 8.78 Å². The average Bonchev–Trinajstić information content (AvgIpc) is 2.59. The molecule has 1 aliphatic heterocycles. The van der Waals surface area contributed by atoms with Crippen molar-refractivity contribution in [1.29, 1.82) is 0 Å². The largest absolute Gasteiger partial charge is 0.346 e. The number of carbonyl (C=O) groups is 3. The molecule has 0 bridgehead atoms. The topological polar surface area (TPSA) is 95.7 Å². The fourth-order valence-electron chi connectivity index (χ4n) is 2.35. The van der Waals surface area contributed by atoms with Gasteiger partial charge in [-0.3, -0.25) is 14.4 Å². The molecular formula is C15H19ClF2N4O3. The molecule has 7 nitrogen and oxygen atoms in total. The first-order valence-corrected chi connectivity index (χ1v) is 7.41. The summed E-state index contributed by atoms with van der Waals surface area (Å²) < 4.78 is 26.6. The van der Waals surface area contributed by atoms with Crippen molar-refractivity contribution in [3.05, 3.63) is 35.4 Å². The number of halogens is 3. The molecular weight excluding hydrogens is 358 g/mol. The lowest BCUT2D eigenvalue weighted by Gasteiger charge is -2.34. The molecule has 1 aromatic carbocycles. The maximum Gasteiger partial charge on any atom is 0.256 e. The zero-order valence-corrected chi connectivity index (χ0v) is 14.2. The lowest BCUT2D eigenvalue weighted by molar-refractivity contribution is -0.133. The normalized spacial score (nSPS) is 13.9. The summed E-state index contributed by atoms with van der Waals surface area (Å²) in [5.74, 6) is -2.92. The Kier molecular flexibility index (Phi) is 7.72. The summed E-state index contributed by atoms with van der Waals surface area (Å²) in [6, 6.07) is 2.79. The van der Waals surface area contributed by atoms with Crippen LogP contribution in [0.15, 0.2) is 18.2 Å². The lowest BCUT2D eigenvalue weighted by atomic mass is 10.1. The Morgan fingerprint density at radius 2 is 1.68 bits per heavy atom. The number of benzene rings is 1. The van der Waals surface area contributed by atoms with Crippen molar-refractivity contribution in [2.24, 2.45) is 5.73 Å². The maximum absolute atomic E-state index is 13.7. The Morgan fingerprint density at radius 3 is 2.24 bits per heavy atom. The van der Waals surface area contributed by atoms with Gasteiger partial charge in [0.2, 0.25) is 11.8 Å². The predicted molar refractivity (Wildman–Crippen MR) is 88.2 cm³/mol. The van der Waals surface area contributed by atoms with Crippen LogP contribution in [0.25, 0.3) is 0 Å². The third kappa shape index (κ3) is 5.36. The summed E-state index contributed by atoms with van der Waals surface area (Å²) in [4.78, 5) is 38.1. The van der Waals surface area contributed by atoms with Gasteiger partial charge in [0.05, 0.1) is 18.7 Å².